The molecule has 0 aliphatic heterocycles. The third-order valence-electron chi connectivity index (χ3n) is 2.78. The summed E-state index contributed by atoms with van der Waals surface area (Å²) >= 11 is 0. The lowest BCUT2D eigenvalue weighted by atomic mass is 10.0. The van der Waals surface area contributed by atoms with Crippen LogP contribution in [0.3, 0.4) is 0 Å². The Hall–Kier alpha value is -1.64. The van der Waals surface area contributed by atoms with Gasteiger partial charge in [-0.1, -0.05) is 31.1 Å². The van der Waals surface area contributed by atoms with Crippen molar-refractivity contribution >= 4 is 35.6 Å². The molecule has 0 spiro atoms. The normalized spacial score (nSPS) is 11.3. The molecule has 0 aliphatic rings. The maximum absolute atomic E-state index is 5.84. The number of hydrogen-bond acceptors (Lipinski definition) is 4. The zero-order chi connectivity index (χ0) is 14.5. The van der Waals surface area contributed by atoms with Crippen molar-refractivity contribution < 1.29 is 4.52 Å². The molecule has 21 heavy (non-hydrogen) atoms. The summed E-state index contributed by atoms with van der Waals surface area (Å²) in [4.78, 5) is 8.22. The Labute approximate surface area is 141 Å². The molecular formula is C14H20IN5O. The van der Waals surface area contributed by atoms with Crippen LogP contribution in [0, 0.1) is 6.92 Å². The van der Waals surface area contributed by atoms with E-state index in [2.05, 4.69) is 46.4 Å². The highest BCUT2D eigenvalue weighted by atomic mass is 127. The monoisotopic (exact) mass is 401 g/mol. The van der Waals surface area contributed by atoms with Gasteiger partial charge in [0.1, 0.15) is 6.54 Å². The predicted molar refractivity (Wildman–Crippen MR) is 93.9 cm³/mol. The maximum atomic E-state index is 5.84. The van der Waals surface area contributed by atoms with Gasteiger partial charge in [-0.3, -0.25) is 0 Å². The van der Waals surface area contributed by atoms with Crippen LogP contribution >= 0.6 is 24.0 Å². The molecule has 7 heteroatoms. The first-order valence-corrected chi connectivity index (χ1v) is 6.50. The molecule has 0 unspecified atom stereocenters. The summed E-state index contributed by atoms with van der Waals surface area (Å²) in [6, 6.07) is 8.09. The first-order chi connectivity index (χ1) is 9.54. The summed E-state index contributed by atoms with van der Waals surface area (Å²) < 4.78 is 4.96. The van der Waals surface area contributed by atoms with Gasteiger partial charge in [0.05, 0.1) is 0 Å². The topological polar surface area (TPSA) is 89.3 Å². The Bertz CT molecular complexity index is 609. The molecule has 114 valence electrons. The predicted octanol–water partition coefficient (Wildman–Crippen LogP) is 3.05. The van der Waals surface area contributed by atoms with E-state index in [4.69, 9.17) is 10.3 Å². The van der Waals surface area contributed by atoms with Gasteiger partial charge in [-0.25, -0.2) is 4.99 Å². The Kier molecular flexibility index (Phi) is 6.60. The molecule has 0 saturated heterocycles. The lowest BCUT2D eigenvalue weighted by Crippen LogP contribution is -2.22. The van der Waals surface area contributed by atoms with E-state index >= 15 is 0 Å². The van der Waals surface area contributed by atoms with Crippen LogP contribution in [-0.4, -0.2) is 16.1 Å². The number of nitrogens with zero attached hydrogens (tertiary/aromatic N) is 3. The molecule has 0 saturated carbocycles. The fraction of sp³-hybridized carbons (Fsp3) is 0.357. The minimum absolute atomic E-state index is 0. The molecule has 0 atom stereocenters. The third kappa shape index (κ3) is 5.33. The average Bonchev–Trinajstić information content (AvgIpc) is 2.82. The molecular weight excluding hydrogens is 381 g/mol. The van der Waals surface area contributed by atoms with Crippen molar-refractivity contribution in [2.24, 2.45) is 10.7 Å². The van der Waals surface area contributed by atoms with Crippen molar-refractivity contribution in [1.29, 1.82) is 0 Å². The van der Waals surface area contributed by atoms with Gasteiger partial charge < -0.3 is 15.6 Å². The van der Waals surface area contributed by atoms with Gasteiger partial charge in [0.15, 0.2) is 11.8 Å². The van der Waals surface area contributed by atoms with Crippen LogP contribution in [0.2, 0.25) is 0 Å². The summed E-state index contributed by atoms with van der Waals surface area (Å²) in [6.07, 6.45) is 0. The second kappa shape index (κ2) is 7.96. The Morgan fingerprint density at radius 3 is 2.81 bits per heavy atom. The fourth-order valence-corrected chi connectivity index (χ4v) is 1.72. The Morgan fingerprint density at radius 1 is 1.43 bits per heavy atom. The summed E-state index contributed by atoms with van der Waals surface area (Å²) in [7, 11) is 0. The lowest BCUT2D eigenvalue weighted by molar-refractivity contribution is 0.376. The van der Waals surface area contributed by atoms with E-state index in [-0.39, 0.29) is 30.5 Å². The maximum Gasteiger partial charge on any atom is 0.248 e. The highest BCUT2D eigenvalue weighted by molar-refractivity contribution is 14.0. The number of aromatic nitrogens is 2. The average molecular weight is 401 g/mol. The van der Waals surface area contributed by atoms with E-state index in [0.29, 0.717) is 23.6 Å². The highest BCUT2D eigenvalue weighted by Crippen LogP contribution is 2.18. The van der Waals surface area contributed by atoms with Gasteiger partial charge in [0, 0.05) is 5.69 Å². The number of anilines is 1. The first-order valence-electron chi connectivity index (χ1n) is 6.50. The molecule has 1 aromatic carbocycles. The fourth-order valence-electron chi connectivity index (χ4n) is 1.72. The van der Waals surface area contributed by atoms with Crippen LogP contribution in [0.25, 0.3) is 0 Å². The minimum Gasteiger partial charge on any atom is -0.370 e. The molecule has 2 aromatic rings. The van der Waals surface area contributed by atoms with E-state index in [1.54, 1.807) is 6.92 Å². The SMILES string of the molecule is Cc1noc(CN=C(N)Nc2cccc(C(C)C)c2)n1.I. The standard InChI is InChI=1S/C14H19N5O.HI/c1-9(2)11-5-4-6-12(7-11)18-14(15)16-8-13-17-10(3)19-20-13;/h4-7,9H,8H2,1-3H3,(H3,15,16,18);1H. The molecule has 0 bridgehead atoms. The molecule has 6 nitrogen and oxygen atoms in total. The van der Waals surface area contributed by atoms with Crippen LogP contribution in [0.4, 0.5) is 5.69 Å². The zero-order valence-corrected chi connectivity index (χ0v) is 14.7. The quantitative estimate of drug-likeness (QED) is 0.467. The number of guanidine groups is 1. The number of rotatable bonds is 4. The number of nitrogens with one attached hydrogen (secondary N) is 1. The third-order valence-corrected chi connectivity index (χ3v) is 2.78. The van der Waals surface area contributed by atoms with Crippen molar-refractivity contribution in [2.75, 3.05) is 5.32 Å². The molecule has 3 N–H and O–H groups in total. The highest BCUT2D eigenvalue weighted by Gasteiger charge is 2.03. The number of benzene rings is 1. The van der Waals surface area contributed by atoms with Crippen molar-refractivity contribution in [3.8, 4) is 0 Å². The smallest absolute Gasteiger partial charge is 0.248 e. The number of halogens is 1. The molecule has 2 rings (SSSR count). The van der Waals surface area contributed by atoms with E-state index in [1.165, 1.54) is 5.56 Å². The minimum atomic E-state index is 0. The van der Waals surface area contributed by atoms with Crippen molar-refractivity contribution in [3.05, 3.63) is 41.5 Å². The molecule has 1 heterocycles. The van der Waals surface area contributed by atoms with Gasteiger partial charge in [-0.15, -0.1) is 24.0 Å². The van der Waals surface area contributed by atoms with E-state index in [0.717, 1.165) is 5.69 Å². The zero-order valence-electron chi connectivity index (χ0n) is 12.3. The lowest BCUT2D eigenvalue weighted by Gasteiger charge is -2.09. The van der Waals surface area contributed by atoms with Crippen molar-refractivity contribution in [2.45, 2.75) is 33.2 Å². The van der Waals surface area contributed by atoms with Crippen LogP contribution < -0.4 is 11.1 Å². The second-order valence-electron chi connectivity index (χ2n) is 4.84. The van der Waals surface area contributed by atoms with E-state index in [9.17, 15) is 0 Å². The molecule has 0 fully saturated rings. The summed E-state index contributed by atoms with van der Waals surface area (Å²) in [5, 5.41) is 6.75. The molecule has 0 amide bonds. The second-order valence-corrected chi connectivity index (χ2v) is 4.84. The van der Waals surface area contributed by atoms with Crippen LogP contribution in [-0.2, 0) is 6.54 Å². The summed E-state index contributed by atoms with van der Waals surface area (Å²) in [5.41, 5.74) is 8.00. The van der Waals surface area contributed by atoms with Crippen LogP contribution in [0.15, 0.2) is 33.8 Å². The van der Waals surface area contributed by atoms with Crippen LogP contribution in [0.1, 0.15) is 37.0 Å². The van der Waals surface area contributed by atoms with Gasteiger partial charge >= 0.3 is 0 Å². The van der Waals surface area contributed by atoms with Crippen LogP contribution in [0.5, 0.6) is 0 Å². The summed E-state index contributed by atoms with van der Waals surface area (Å²) in [6.45, 7) is 6.32. The first kappa shape index (κ1) is 17.4. The number of nitrogens with two attached hydrogens (primary N) is 1. The van der Waals surface area contributed by atoms with Gasteiger partial charge in [0.25, 0.3) is 0 Å². The molecule has 0 aliphatic carbocycles. The number of aryl methyl sites for hydroxylation is 1. The van der Waals surface area contributed by atoms with Gasteiger partial charge in [-0.05, 0) is 30.5 Å². The Morgan fingerprint density at radius 2 is 2.19 bits per heavy atom. The Balaban J connectivity index is 0.00000220. The number of hydrogen-bond donors (Lipinski definition) is 2. The summed E-state index contributed by atoms with van der Waals surface area (Å²) in [5.74, 6) is 1.83. The van der Waals surface area contributed by atoms with Gasteiger partial charge in [-0.2, -0.15) is 4.98 Å². The van der Waals surface area contributed by atoms with E-state index < -0.39 is 0 Å². The molecule has 1 aromatic heterocycles. The van der Waals surface area contributed by atoms with E-state index in [1.807, 2.05) is 12.1 Å². The largest absolute Gasteiger partial charge is 0.370 e. The van der Waals surface area contributed by atoms with Crippen molar-refractivity contribution in [3.63, 3.8) is 0 Å². The number of aliphatic imine (C=N–C) groups is 1. The molecule has 0 radical (unpaired) electrons. The van der Waals surface area contributed by atoms with Gasteiger partial charge in [0.2, 0.25) is 5.89 Å². The van der Waals surface area contributed by atoms with Crippen molar-refractivity contribution in [1.82, 2.24) is 10.1 Å².